The first-order valence-corrected chi connectivity index (χ1v) is 8.20. The number of carbonyl (C=O) groups excluding carboxylic acids is 1. The predicted molar refractivity (Wildman–Crippen MR) is 90.7 cm³/mol. The molecule has 0 unspecified atom stereocenters. The molecule has 1 aliphatic rings. The summed E-state index contributed by atoms with van der Waals surface area (Å²) in [6.07, 6.45) is 0.112. The van der Waals surface area contributed by atoms with Crippen molar-refractivity contribution in [3.63, 3.8) is 0 Å². The average Bonchev–Trinajstić information content (AvgIpc) is 2.52. The number of aryl methyl sites for hydroxylation is 2. The molecule has 0 radical (unpaired) electrons. The maximum Gasteiger partial charge on any atom is 0.229 e. The molecule has 0 bridgehead atoms. The molecule has 2 atom stereocenters. The molecule has 0 aliphatic carbocycles. The number of likely N-dealkylation sites (N-methyl/N-ethyl adjacent to an activating group) is 1. The molecule has 2 rings (SSSR count). The van der Waals surface area contributed by atoms with Crippen LogP contribution in [0, 0.1) is 19.8 Å². The Morgan fingerprint density at radius 3 is 2.91 bits per heavy atom. The van der Waals surface area contributed by atoms with Gasteiger partial charge in [-0.15, -0.1) is 0 Å². The molecule has 128 valence electrons. The van der Waals surface area contributed by atoms with E-state index in [0.717, 1.165) is 23.4 Å². The maximum atomic E-state index is 12.5. The van der Waals surface area contributed by atoms with Crippen molar-refractivity contribution in [3.8, 4) is 5.75 Å². The molecule has 1 fully saturated rings. The molecule has 1 aliphatic heterocycles. The summed E-state index contributed by atoms with van der Waals surface area (Å²) in [6, 6.07) is 6.10. The van der Waals surface area contributed by atoms with E-state index in [0.29, 0.717) is 26.1 Å². The van der Waals surface area contributed by atoms with E-state index < -0.39 is 6.10 Å². The van der Waals surface area contributed by atoms with Crippen LogP contribution < -0.4 is 4.74 Å². The van der Waals surface area contributed by atoms with Crippen LogP contribution in [0.5, 0.6) is 5.75 Å². The van der Waals surface area contributed by atoms with Crippen molar-refractivity contribution >= 4 is 5.91 Å². The molecule has 1 aromatic carbocycles. The van der Waals surface area contributed by atoms with Crippen molar-refractivity contribution in [1.29, 1.82) is 0 Å². The third-order valence-corrected chi connectivity index (χ3v) is 4.50. The van der Waals surface area contributed by atoms with Crippen LogP contribution in [0.4, 0.5) is 0 Å². The molecule has 1 saturated heterocycles. The molecule has 1 aromatic rings. The maximum absolute atomic E-state index is 12.5. The van der Waals surface area contributed by atoms with Gasteiger partial charge >= 0.3 is 0 Å². The molecule has 0 saturated carbocycles. The molecule has 0 spiro atoms. The van der Waals surface area contributed by atoms with Crippen LogP contribution in [0.15, 0.2) is 18.2 Å². The quantitative estimate of drug-likeness (QED) is 0.892. The van der Waals surface area contributed by atoms with Gasteiger partial charge in [-0.3, -0.25) is 4.79 Å². The van der Waals surface area contributed by atoms with Crippen LogP contribution in [-0.4, -0.2) is 67.3 Å². The Morgan fingerprint density at radius 1 is 1.43 bits per heavy atom. The van der Waals surface area contributed by atoms with Gasteiger partial charge in [0.1, 0.15) is 12.4 Å². The van der Waals surface area contributed by atoms with Crippen molar-refractivity contribution in [2.75, 3.05) is 40.3 Å². The zero-order valence-corrected chi connectivity index (χ0v) is 14.6. The lowest BCUT2D eigenvalue weighted by atomic mass is 9.94. The number of hydrogen-bond acceptors (Lipinski definition) is 4. The van der Waals surface area contributed by atoms with Crippen LogP contribution in [-0.2, 0) is 4.79 Å². The Bertz CT molecular complexity index is 547. The van der Waals surface area contributed by atoms with Gasteiger partial charge in [0.25, 0.3) is 0 Å². The highest BCUT2D eigenvalue weighted by Crippen LogP contribution is 2.20. The number of ether oxygens (including phenoxy) is 1. The molecule has 1 N–H and O–H groups in total. The number of amides is 1. The van der Waals surface area contributed by atoms with E-state index in [1.54, 1.807) is 11.9 Å². The molecule has 5 nitrogen and oxygen atoms in total. The van der Waals surface area contributed by atoms with Crippen LogP contribution in [0.3, 0.4) is 0 Å². The number of nitrogens with zero attached hydrogens (tertiary/aromatic N) is 2. The van der Waals surface area contributed by atoms with Gasteiger partial charge in [0, 0.05) is 20.1 Å². The summed E-state index contributed by atoms with van der Waals surface area (Å²) < 4.78 is 5.81. The minimum Gasteiger partial charge on any atom is -0.491 e. The highest BCUT2D eigenvalue weighted by Gasteiger charge is 2.33. The first kappa shape index (κ1) is 17.8. The number of piperidine rings is 1. The van der Waals surface area contributed by atoms with E-state index >= 15 is 0 Å². The van der Waals surface area contributed by atoms with Gasteiger partial charge in [0.05, 0.1) is 18.6 Å². The second kappa shape index (κ2) is 7.79. The van der Waals surface area contributed by atoms with Crippen molar-refractivity contribution < 1.29 is 14.6 Å². The Kier molecular flexibility index (Phi) is 6.02. The highest BCUT2D eigenvalue weighted by molar-refractivity contribution is 5.79. The molecule has 23 heavy (non-hydrogen) atoms. The fraction of sp³-hybridized carbons (Fsp3) is 0.611. The van der Waals surface area contributed by atoms with Crippen LogP contribution in [0.1, 0.15) is 17.5 Å². The first-order valence-electron chi connectivity index (χ1n) is 8.20. The molecule has 1 amide bonds. The molecular weight excluding hydrogens is 292 g/mol. The number of aliphatic hydroxyl groups excluding tert-OH is 1. The summed E-state index contributed by atoms with van der Waals surface area (Å²) >= 11 is 0. The van der Waals surface area contributed by atoms with E-state index in [4.69, 9.17) is 4.74 Å². The Hall–Kier alpha value is -1.59. The third kappa shape index (κ3) is 4.69. The standard InChI is InChI=1S/C18H28N2O3/c1-13-5-6-14(2)17(11-13)23-10-9-20(4)18(22)15-12-19(3)8-7-16(15)21/h5-6,11,15-16,21H,7-10,12H2,1-4H3/t15-,16+/m1/s1. The second-order valence-electron chi connectivity index (χ2n) is 6.60. The van der Waals surface area contributed by atoms with Crippen LogP contribution in [0.2, 0.25) is 0 Å². The topological polar surface area (TPSA) is 53.0 Å². The van der Waals surface area contributed by atoms with Crippen LogP contribution in [0.25, 0.3) is 0 Å². The van der Waals surface area contributed by atoms with Gasteiger partial charge in [-0.2, -0.15) is 0 Å². The second-order valence-corrected chi connectivity index (χ2v) is 6.60. The van der Waals surface area contributed by atoms with E-state index in [1.807, 2.05) is 33.0 Å². The average molecular weight is 320 g/mol. The summed E-state index contributed by atoms with van der Waals surface area (Å²) in [6.45, 7) is 6.46. The van der Waals surface area contributed by atoms with Crippen molar-refractivity contribution in [2.45, 2.75) is 26.4 Å². The van der Waals surface area contributed by atoms with E-state index in [-0.39, 0.29) is 11.8 Å². The van der Waals surface area contributed by atoms with Gasteiger partial charge < -0.3 is 19.6 Å². The number of benzene rings is 1. The van der Waals surface area contributed by atoms with Gasteiger partial charge in [-0.05, 0) is 44.5 Å². The van der Waals surface area contributed by atoms with Crippen molar-refractivity contribution in [3.05, 3.63) is 29.3 Å². The van der Waals surface area contributed by atoms with Gasteiger partial charge in [-0.1, -0.05) is 12.1 Å². The number of likely N-dealkylation sites (tertiary alicyclic amines) is 1. The van der Waals surface area contributed by atoms with Crippen molar-refractivity contribution in [1.82, 2.24) is 9.80 Å². The number of aliphatic hydroxyl groups is 1. The zero-order valence-electron chi connectivity index (χ0n) is 14.6. The van der Waals surface area contributed by atoms with Gasteiger partial charge in [0.15, 0.2) is 0 Å². The normalized spacial score (nSPS) is 22.0. The number of carbonyl (C=O) groups is 1. The minimum absolute atomic E-state index is 0.00591. The van der Waals surface area contributed by atoms with E-state index in [1.165, 1.54) is 0 Å². The molecule has 5 heteroatoms. The van der Waals surface area contributed by atoms with Gasteiger partial charge in [0.2, 0.25) is 5.91 Å². The minimum atomic E-state index is -0.541. The van der Waals surface area contributed by atoms with Gasteiger partial charge in [-0.25, -0.2) is 0 Å². The van der Waals surface area contributed by atoms with E-state index in [2.05, 4.69) is 11.0 Å². The highest BCUT2D eigenvalue weighted by atomic mass is 16.5. The predicted octanol–water partition coefficient (Wildman–Crippen LogP) is 1.45. The van der Waals surface area contributed by atoms with Crippen molar-refractivity contribution in [2.24, 2.45) is 5.92 Å². The first-order chi connectivity index (χ1) is 10.9. The third-order valence-electron chi connectivity index (χ3n) is 4.50. The molecule has 0 aromatic heterocycles. The zero-order chi connectivity index (χ0) is 17.0. The fourth-order valence-corrected chi connectivity index (χ4v) is 2.89. The number of hydrogen-bond donors (Lipinski definition) is 1. The number of rotatable bonds is 5. The van der Waals surface area contributed by atoms with E-state index in [9.17, 15) is 9.90 Å². The lowest BCUT2D eigenvalue weighted by molar-refractivity contribution is -0.141. The summed E-state index contributed by atoms with van der Waals surface area (Å²) in [5, 5.41) is 10.1. The summed E-state index contributed by atoms with van der Waals surface area (Å²) in [7, 11) is 3.76. The largest absolute Gasteiger partial charge is 0.491 e. The van der Waals surface area contributed by atoms with Crippen LogP contribution >= 0.6 is 0 Å². The SMILES string of the molecule is Cc1ccc(C)c(OCCN(C)C(=O)[C@@H]2CN(C)CC[C@@H]2O)c1. The lowest BCUT2D eigenvalue weighted by Gasteiger charge is -2.35. The fourth-order valence-electron chi connectivity index (χ4n) is 2.89. The summed E-state index contributed by atoms with van der Waals surface area (Å²) in [5.74, 6) is 0.524. The molecule has 1 heterocycles. The smallest absolute Gasteiger partial charge is 0.229 e. The monoisotopic (exact) mass is 320 g/mol. The lowest BCUT2D eigenvalue weighted by Crippen LogP contribution is -2.49. The molecular formula is C18H28N2O3. The Labute approximate surface area is 138 Å². The Balaban J connectivity index is 1.85. The summed E-state index contributed by atoms with van der Waals surface area (Å²) in [4.78, 5) is 16.3. The summed E-state index contributed by atoms with van der Waals surface area (Å²) in [5.41, 5.74) is 2.25. The Morgan fingerprint density at radius 2 is 2.17 bits per heavy atom.